The number of allylic oxidation sites excluding steroid dienone is 2. The first kappa shape index (κ1) is 11.7. The van der Waals surface area contributed by atoms with Crippen LogP contribution in [0.3, 0.4) is 0 Å². The molecule has 0 spiro atoms. The molecule has 0 saturated carbocycles. The first-order valence-corrected chi connectivity index (χ1v) is 5.73. The topological polar surface area (TPSA) is 32.3 Å². The van der Waals surface area contributed by atoms with Crippen LogP contribution in [0.25, 0.3) is 0 Å². The highest BCUT2D eigenvalue weighted by molar-refractivity contribution is 4.90. The molecule has 14 heavy (non-hydrogen) atoms. The highest BCUT2D eigenvalue weighted by Gasteiger charge is 2.15. The van der Waals surface area contributed by atoms with Crippen LogP contribution in [-0.4, -0.2) is 24.3 Å². The standard InChI is InChI=1S/C12H23NO/c1-10(2)12(9-14)13-8-11-6-4-3-5-7-11/h3-4,10-14H,5-9H2,1-2H3/t11?,12-/m1/s1. The zero-order chi connectivity index (χ0) is 10.4. The van der Waals surface area contributed by atoms with Gasteiger partial charge in [-0.25, -0.2) is 0 Å². The predicted octanol–water partition coefficient (Wildman–Crippen LogP) is 1.95. The molecule has 0 aromatic carbocycles. The van der Waals surface area contributed by atoms with E-state index in [9.17, 15) is 0 Å². The van der Waals surface area contributed by atoms with Crippen LogP contribution < -0.4 is 5.32 Å². The van der Waals surface area contributed by atoms with Crippen molar-refractivity contribution in [2.45, 2.75) is 39.2 Å². The Morgan fingerprint density at radius 2 is 2.21 bits per heavy atom. The van der Waals surface area contributed by atoms with E-state index >= 15 is 0 Å². The first-order valence-electron chi connectivity index (χ1n) is 5.73. The predicted molar refractivity (Wildman–Crippen MR) is 60.2 cm³/mol. The fourth-order valence-corrected chi connectivity index (χ4v) is 1.87. The van der Waals surface area contributed by atoms with E-state index in [0.717, 1.165) is 12.5 Å². The third-order valence-electron chi connectivity index (χ3n) is 3.05. The molecule has 82 valence electrons. The van der Waals surface area contributed by atoms with Crippen molar-refractivity contribution < 1.29 is 5.11 Å². The molecule has 0 saturated heterocycles. The highest BCUT2D eigenvalue weighted by atomic mass is 16.3. The van der Waals surface area contributed by atoms with Gasteiger partial charge in [-0.05, 0) is 37.6 Å². The van der Waals surface area contributed by atoms with Crippen LogP contribution in [0.1, 0.15) is 33.1 Å². The van der Waals surface area contributed by atoms with Gasteiger partial charge in [0.05, 0.1) is 6.61 Å². The second kappa shape index (κ2) is 6.20. The fourth-order valence-electron chi connectivity index (χ4n) is 1.87. The number of nitrogens with one attached hydrogen (secondary N) is 1. The molecule has 0 amide bonds. The van der Waals surface area contributed by atoms with Crippen molar-refractivity contribution in [3.8, 4) is 0 Å². The minimum atomic E-state index is 0.250. The summed E-state index contributed by atoms with van der Waals surface area (Å²) < 4.78 is 0. The van der Waals surface area contributed by atoms with Crippen molar-refractivity contribution >= 4 is 0 Å². The van der Waals surface area contributed by atoms with E-state index in [0.29, 0.717) is 5.92 Å². The summed E-state index contributed by atoms with van der Waals surface area (Å²) in [6, 6.07) is 0.265. The average molecular weight is 197 g/mol. The van der Waals surface area contributed by atoms with Gasteiger partial charge in [-0.15, -0.1) is 0 Å². The van der Waals surface area contributed by atoms with Gasteiger partial charge in [0.1, 0.15) is 0 Å². The lowest BCUT2D eigenvalue weighted by Gasteiger charge is -2.24. The normalized spacial score (nSPS) is 24.1. The van der Waals surface area contributed by atoms with Gasteiger partial charge in [-0.1, -0.05) is 26.0 Å². The van der Waals surface area contributed by atoms with Crippen molar-refractivity contribution in [3.05, 3.63) is 12.2 Å². The Kier molecular flexibility index (Phi) is 5.20. The molecule has 2 N–H and O–H groups in total. The summed E-state index contributed by atoms with van der Waals surface area (Å²) in [6.07, 6.45) is 8.25. The molecule has 2 nitrogen and oxygen atoms in total. The third-order valence-corrected chi connectivity index (χ3v) is 3.05. The quantitative estimate of drug-likeness (QED) is 0.660. The highest BCUT2D eigenvalue weighted by Crippen LogP contribution is 2.17. The van der Waals surface area contributed by atoms with Crippen LogP contribution in [0.4, 0.5) is 0 Å². The monoisotopic (exact) mass is 197 g/mol. The van der Waals surface area contributed by atoms with E-state index in [1.54, 1.807) is 0 Å². The largest absolute Gasteiger partial charge is 0.395 e. The van der Waals surface area contributed by atoms with Gasteiger partial charge in [0.15, 0.2) is 0 Å². The maximum atomic E-state index is 9.15. The SMILES string of the molecule is CC(C)[C@@H](CO)NCC1CC=CCC1. The second-order valence-electron chi connectivity index (χ2n) is 4.59. The molecule has 1 aliphatic carbocycles. The summed E-state index contributed by atoms with van der Waals surface area (Å²) in [5.74, 6) is 1.28. The fraction of sp³-hybridized carbons (Fsp3) is 0.833. The van der Waals surface area contributed by atoms with Crippen LogP contribution in [0, 0.1) is 11.8 Å². The summed E-state index contributed by atoms with van der Waals surface area (Å²) in [4.78, 5) is 0. The molecule has 0 radical (unpaired) electrons. The summed E-state index contributed by atoms with van der Waals surface area (Å²) in [7, 11) is 0. The molecular formula is C12H23NO. The lowest BCUT2D eigenvalue weighted by molar-refractivity contribution is 0.204. The smallest absolute Gasteiger partial charge is 0.0587 e. The van der Waals surface area contributed by atoms with Crippen molar-refractivity contribution in [1.82, 2.24) is 5.32 Å². The van der Waals surface area contributed by atoms with E-state index < -0.39 is 0 Å². The Morgan fingerprint density at radius 1 is 1.43 bits per heavy atom. The van der Waals surface area contributed by atoms with Crippen LogP contribution in [-0.2, 0) is 0 Å². The molecule has 1 rings (SSSR count). The molecule has 0 aromatic rings. The van der Waals surface area contributed by atoms with Gasteiger partial charge in [0, 0.05) is 6.04 Å². The lowest BCUT2D eigenvalue weighted by atomic mass is 9.93. The lowest BCUT2D eigenvalue weighted by Crippen LogP contribution is -2.39. The minimum Gasteiger partial charge on any atom is -0.395 e. The molecule has 1 unspecified atom stereocenters. The first-order chi connectivity index (χ1) is 6.74. The molecule has 2 atom stereocenters. The second-order valence-corrected chi connectivity index (χ2v) is 4.59. The van der Waals surface area contributed by atoms with Gasteiger partial charge >= 0.3 is 0 Å². The number of rotatable bonds is 5. The van der Waals surface area contributed by atoms with E-state index in [4.69, 9.17) is 5.11 Å². The summed E-state index contributed by atoms with van der Waals surface area (Å²) in [5, 5.41) is 12.6. The van der Waals surface area contributed by atoms with Gasteiger partial charge in [-0.2, -0.15) is 0 Å². The Labute approximate surface area is 87.4 Å². The summed E-state index contributed by atoms with van der Waals surface area (Å²) in [6.45, 7) is 5.59. The van der Waals surface area contributed by atoms with Crippen LogP contribution >= 0.6 is 0 Å². The number of aliphatic hydroxyl groups excluding tert-OH is 1. The average Bonchev–Trinajstić information content (AvgIpc) is 2.20. The van der Waals surface area contributed by atoms with Gasteiger partial charge in [-0.3, -0.25) is 0 Å². The van der Waals surface area contributed by atoms with E-state index in [1.807, 2.05) is 0 Å². The summed E-state index contributed by atoms with van der Waals surface area (Å²) >= 11 is 0. The molecule has 0 heterocycles. The van der Waals surface area contributed by atoms with Gasteiger partial charge in [0.2, 0.25) is 0 Å². The van der Waals surface area contributed by atoms with Gasteiger partial charge < -0.3 is 10.4 Å². The molecule has 1 aliphatic rings. The van der Waals surface area contributed by atoms with Crippen LogP contribution in [0.15, 0.2) is 12.2 Å². The minimum absolute atomic E-state index is 0.250. The van der Waals surface area contributed by atoms with Crippen molar-refractivity contribution in [2.75, 3.05) is 13.2 Å². The van der Waals surface area contributed by atoms with Crippen LogP contribution in [0.5, 0.6) is 0 Å². The number of hydrogen-bond acceptors (Lipinski definition) is 2. The number of hydrogen-bond donors (Lipinski definition) is 2. The van der Waals surface area contributed by atoms with E-state index in [-0.39, 0.29) is 12.6 Å². The van der Waals surface area contributed by atoms with Crippen molar-refractivity contribution in [1.29, 1.82) is 0 Å². The van der Waals surface area contributed by atoms with E-state index in [1.165, 1.54) is 19.3 Å². The molecule has 2 heteroatoms. The van der Waals surface area contributed by atoms with Crippen molar-refractivity contribution in [2.24, 2.45) is 11.8 Å². The Balaban J connectivity index is 2.20. The zero-order valence-electron chi connectivity index (χ0n) is 9.37. The summed E-state index contributed by atoms with van der Waals surface area (Å²) in [5.41, 5.74) is 0. The van der Waals surface area contributed by atoms with Crippen LogP contribution in [0.2, 0.25) is 0 Å². The maximum absolute atomic E-state index is 9.15. The Hall–Kier alpha value is -0.340. The molecule has 0 aliphatic heterocycles. The van der Waals surface area contributed by atoms with E-state index in [2.05, 4.69) is 31.3 Å². The molecule has 0 bridgehead atoms. The molecular weight excluding hydrogens is 174 g/mol. The number of aliphatic hydroxyl groups is 1. The zero-order valence-corrected chi connectivity index (χ0v) is 9.37. The Morgan fingerprint density at radius 3 is 2.71 bits per heavy atom. The van der Waals surface area contributed by atoms with Gasteiger partial charge in [0.25, 0.3) is 0 Å². The van der Waals surface area contributed by atoms with Crippen molar-refractivity contribution in [3.63, 3.8) is 0 Å². The Bertz CT molecular complexity index is 177. The molecule has 0 aromatic heterocycles. The maximum Gasteiger partial charge on any atom is 0.0587 e. The third kappa shape index (κ3) is 3.81. The molecule has 0 fully saturated rings.